The number of anilines is 1. The molecule has 2 N–H and O–H groups in total. The number of hydrogen-bond donors (Lipinski definition) is 2. The van der Waals surface area contributed by atoms with Crippen LogP contribution in [-0.2, 0) is 10.0 Å². The van der Waals surface area contributed by atoms with Gasteiger partial charge in [0.2, 0.25) is 10.0 Å². The molecule has 1 amide bonds. The van der Waals surface area contributed by atoms with Gasteiger partial charge in [-0.1, -0.05) is 31.2 Å². The molecule has 0 radical (unpaired) electrons. The maximum absolute atomic E-state index is 12.6. The van der Waals surface area contributed by atoms with Crippen molar-refractivity contribution in [2.75, 3.05) is 11.0 Å². The summed E-state index contributed by atoms with van der Waals surface area (Å²) in [6, 6.07) is 12.5. The Balaban J connectivity index is 2.19. The lowest BCUT2D eigenvalue weighted by Gasteiger charge is -2.19. The first-order chi connectivity index (χ1) is 11.7. The second kappa shape index (κ2) is 7.70. The molecule has 2 aromatic rings. The molecule has 0 aliphatic rings. The first-order valence-electron chi connectivity index (χ1n) is 8.15. The highest BCUT2D eigenvalue weighted by Gasteiger charge is 2.15. The summed E-state index contributed by atoms with van der Waals surface area (Å²) in [7, 11) is -3.38. The van der Waals surface area contributed by atoms with E-state index in [2.05, 4.69) is 29.1 Å². The van der Waals surface area contributed by atoms with E-state index >= 15 is 0 Å². The van der Waals surface area contributed by atoms with Crippen molar-refractivity contribution in [2.24, 2.45) is 0 Å². The highest BCUT2D eigenvalue weighted by Crippen LogP contribution is 2.21. The summed E-state index contributed by atoms with van der Waals surface area (Å²) in [6.07, 6.45) is 1.84. The Labute approximate surface area is 149 Å². The average molecular weight is 360 g/mol. The molecule has 5 nitrogen and oxygen atoms in total. The molecule has 0 spiro atoms. The molecule has 0 heterocycles. The van der Waals surface area contributed by atoms with Crippen LogP contribution in [0.2, 0.25) is 0 Å². The highest BCUT2D eigenvalue weighted by atomic mass is 32.2. The minimum Gasteiger partial charge on any atom is -0.345 e. The zero-order valence-corrected chi connectivity index (χ0v) is 15.8. The Morgan fingerprint density at radius 2 is 1.80 bits per heavy atom. The minimum absolute atomic E-state index is 0.0988. The Morgan fingerprint density at radius 3 is 2.40 bits per heavy atom. The van der Waals surface area contributed by atoms with Crippen molar-refractivity contribution >= 4 is 21.6 Å². The van der Waals surface area contributed by atoms with E-state index in [-0.39, 0.29) is 11.9 Å². The first kappa shape index (κ1) is 19.0. The van der Waals surface area contributed by atoms with Gasteiger partial charge in [0.05, 0.1) is 12.3 Å². The molecule has 2 aromatic carbocycles. The SMILES string of the molecule is CCC(NC(=O)c1cccc(NS(C)(=O)=O)c1)c1ccc(C)c(C)c1. The smallest absolute Gasteiger partial charge is 0.251 e. The summed E-state index contributed by atoms with van der Waals surface area (Å²) in [4.78, 5) is 12.6. The minimum atomic E-state index is -3.38. The number of carbonyl (C=O) groups is 1. The van der Waals surface area contributed by atoms with Crippen molar-refractivity contribution in [2.45, 2.75) is 33.2 Å². The summed E-state index contributed by atoms with van der Waals surface area (Å²) < 4.78 is 25.1. The number of rotatable bonds is 6. The Kier molecular flexibility index (Phi) is 5.85. The van der Waals surface area contributed by atoms with Crippen LogP contribution in [0.4, 0.5) is 5.69 Å². The number of amides is 1. The van der Waals surface area contributed by atoms with E-state index in [4.69, 9.17) is 0 Å². The van der Waals surface area contributed by atoms with E-state index in [0.29, 0.717) is 11.3 Å². The number of nitrogens with one attached hydrogen (secondary N) is 2. The molecule has 2 rings (SSSR count). The van der Waals surface area contributed by atoms with Gasteiger partial charge in [-0.15, -0.1) is 0 Å². The fourth-order valence-corrected chi connectivity index (χ4v) is 3.14. The number of aryl methyl sites for hydroxylation is 2. The summed E-state index contributed by atoms with van der Waals surface area (Å²) >= 11 is 0. The third kappa shape index (κ3) is 5.32. The van der Waals surface area contributed by atoms with Gasteiger partial charge >= 0.3 is 0 Å². The van der Waals surface area contributed by atoms with Gasteiger partial charge in [0.25, 0.3) is 5.91 Å². The number of hydrogen-bond acceptors (Lipinski definition) is 3. The second-order valence-electron chi connectivity index (χ2n) is 6.23. The largest absolute Gasteiger partial charge is 0.345 e. The average Bonchev–Trinajstić information content (AvgIpc) is 2.53. The summed E-state index contributed by atoms with van der Waals surface area (Å²) in [5.41, 5.74) is 4.24. The number of carbonyl (C=O) groups excluding carboxylic acids is 1. The van der Waals surface area contributed by atoms with Crippen LogP contribution in [0, 0.1) is 13.8 Å². The van der Waals surface area contributed by atoms with Gasteiger partial charge in [0.15, 0.2) is 0 Å². The monoisotopic (exact) mass is 360 g/mol. The molecule has 0 fully saturated rings. The summed E-state index contributed by atoms with van der Waals surface area (Å²) in [5.74, 6) is -0.234. The lowest BCUT2D eigenvalue weighted by Crippen LogP contribution is -2.28. The molecule has 0 saturated carbocycles. The van der Waals surface area contributed by atoms with Crippen LogP contribution in [0.5, 0.6) is 0 Å². The Hall–Kier alpha value is -2.34. The predicted octanol–water partition coefficient (Wildman–Crippen LogP) is 3.56. The zero-order chi connectivity index (χ0) is 18.6. The van der Waals surface area contributed by atoms with Crippen molar-refractivity contribution in [3.8, 4) is 0 Å². The van der Waals surface area contributed by atoms with Crippen LogP contribution in [0.25, 0.3) is 0 Å². The van der Waals surface area contributed by atoms with Crippen LogP contribution < -0.4 is 10.0 Å². The normalized spacial score (nSPS) is 12.5. The molecule has 0 aromatic heterocycles. The maximum Gasteiger partial charge on any atom is 0.251 e. The third-order valence-corrected chi connectivity index (χ3v) is 4.68. The van der Waals surface area contributed by atoms with E-state index in [1.54, 1.807) is 18.2 Å². The van der Waals surface area contributed by atoms with Gasteiger partial charge in [-0.25, -0.2) is 8.42 Å². The van der Waals surface area contributed by atoms with Gasteiger partial charge in [-0.05, 0) is 55.2 Å². The highest BCUT2D eigenvalue weighted by molar-refractivity contribution is 7.92. The van der Waals surface area contributed by atoms with Gasteiger partial charge in [-0.2, -0.15) is 0 Å². The van der Waals surface area contributed by atoms with Gasteiger partial charge in [-0.3, -0.25) is 9.52 Å². The molecular weight excluding hydrogens is 336 g/mol. The third-order valence-electron chi connectivity index (χ3n) is 4.07. The van der Waals surface area contributed by atoms with E-state index in [0.717, 1.165) is 18.2 Å². The van der Waals surface area contributed by atoms with Crippen LogP contribution in [0.3, 0.4) is 0 Å². The molecule has 6 heteroatoms. The molecule has 0 bridgehead atoms. The van der Waals surface area contributed by atoms with E-state index in [1.165, 1.54) is 17.2 Å². The van der Waals surface area contributed by atoms with Crippen LogP contribution in [-0.4, -0.2) is 20.6 Å². The first-order valence-corrected chi connectivity index (χ1v) is 10.0. The van der Waals surface area contributed by atoms with Gasteiger partial charge in [0.1, 0.15) is 0 Å². The van der Waals surface area contributed by atoms with Gasteiger partial charge in [0, 0.05) is 11.3 Å². The molecule has 0 aliphatic carbocycles. The molecule has 1 atom stereocenters. The van der Waals surface area contributed by atoms with Gasteiger partial charge < -0.3 is 5.32 Å². The lowest BCUT2D eigenvalue weighted by molar-refractivity contribution is 0.0935. The molecule has 0 aliphatic heterocycles. The molecular formula is C19H24N2O3S. The number of benzene rings is 2. The lowest BCUT2D eigenvalue weighted by atomic mass is 9.99. The topological polar surface area (TPSA) is 75.3 Å². The standard InChI is InChI=1S/C19H24N2O3S/c1-5-18(15-10-9-13(2)14(3)11-15)20-19(22)16-7-6-8-17(12-16)21-25(4,23)24/h6-12,18,21H,5H2,1-4H3,(H,20,22). The Bertz CT molecular complexity index is 876. The van der Waals surface area contributed by atoms with Crippen molar-refractivity contribution < 1.29 is 13.2 Å². The van der Waals surface area contributed by atoms with Crippen LogP contribution in [0.1, 0.15) is 46.4 Å². The molecule has 0 saturated heterocycles. The molecule has 1 unspecified atom stereocenters. The van der Waals surface area contributed by atoms with E-state index < -0.39 is 10.0 Å². The van der Waals surface area contributed by atoms with Crippen molar-refractivity contribution in [1.29, 1.82) is 0 Å². The van der Waals surface area contributed by atoms with Crippen molar-refractivity contribution in [3.05, 3.63) is 64.7 Å². The molecule has 25 heavy (non-hydrogen) atoms. The Morgan fingerprint density at radius 1 is 1.08 bits per heavy atom. The summed E-state index contributed by atoms with van der Waals surface area (Å²) in [5, 5.41) is 3.02. The van der Waals surface area contributed by atoms with E-state index in [1.807, 2.05) is 19.9 Å². The summed E-state index contributed by atoms with van der Waals surface area (Å²) in [6.45, 7) is 6.12. The fraction of sp³-hybridized carbons (Fsp3) is 0.316. The van der Waals surface area contributed by atoms with Crippen LogP contribution >= 0.6 is 0 Å². The quantitative estimate of drug-likeness (QED) is 0.827. The predicted molar refractivity (Wildman–Crippen MR) is 101 cm³/mol. The zero-order valence-electron chi connectivity index (χ0n) is 15.0. The number of sulfonamides is 1. The second-order valence-corrected chi connectivity index (χ2v) is 7.98. The fourth-order valence-electron chi connectivity index (χ4n) is 2.58. The van der Waals surface area contributed by atoms with Crippen molar-refractivity contribution in [1.82, 2.24) is 5.32 Å². The molecule has 134 valence electrons. The van der Waals surface area contributed by atoms with Crippen LogP contribution in [0.15, 0.2) is 42.5 Å². The van der Waals surface area contributed by atoms with Crippen molar-refractivity contribution in [3.63, 3.8) is 0 Å². The van der Waals surface area contributed by atoms with E-state index in [9.17, 15) is 13.2 Å². The maximum atomic E-state index is 12.6.